The van der Waals surface area contributed by atoms with Crippen LogP contribution >= 0.6 is 46.4 Å². The monoisotopic (exact) mass is 301 g/mol. The maximum absolute atomic E-state index is 10.9. The van der Waals surface area contributed by atoms with Crippen LogP contribution in [0.15, 0.2) is 6.07 Å². The summed E-state index contributed by atoms with van der Waals surface area (Å²) in [5, 5.41) is 11.2. The quantitative estimate of drug-likeness (QED) is 0.340. The highest BCUT2D eigenvalue weighted by molar-refractivity contribution is 6.52. The van der Waals surface area contributed by atoms with Gasteiger partial charge in [0.15, 0.2) is 0 Å². The number of nitro groups is 1. The summed E-state index contributed by atoms with van der Waals surface area (Å²) in [4.78, 5) is 10.4. The summed E-state index contributed by atoms with van der Waals surface area (Å²) in [5.74, 6) is 0. The molecule has 0 atom stereocenters. The average molecular weight is 303 g/mol. The molecule has 7 heteroatoms. The summed E-state index contributed by atoms with van der Waals surface area (Å²) < 4.78 is 0. The summed E-state index contributed by atoms with van der Waals surface area (Å²) in [7, 11) is 0. The Balaban J connectivity index is 3.54. The van der Waals surface area contributed by atoms with Gasteiger partial charge in [0, 0.05) is 24.3 Å². The Morgan fingerprint density at radius 3 is 2.06 bits per heavy atom. The number of nitrogens with zero attached hydrogens (tertiary/aromatic N) is 1. The molecule has 3 nitrogen and oxygen atoms in total. The third-order valence-electron chi connectivity index (χ3n) is 2.22. The van der Waals surface area contributed by atoms with Gasteiger partial charge in [-0.1, -0.05) is 46.4 Å². The highest BCUT2D eigenvalue weighted by atomic mass is 35.5. The second-order valence-corrected chi connectivity index (χ2v) is 5.21. The first kappa shape index (κ1) is 13.8. The van der Waals surface area contributed by atoms with Crippen molar-refractivity contribution < 1.29 is 4.92 Å². The molecule has 0 spiro atoms. The molecule has 0 aliphatic rings. The molecule has 0 radical (unpaired) electrons. The summed E-state index contributed by atoms with van der Waals surface area (Å²) in [6.07, 6.45) is 0. The van der Waals surface area contributed by atoms with Gasteiger partial charge in [0.25, 0.3) is 0 Å². The van der Waals surface area contributed by atoms with Crippen LogP contribution in [0.3, 0.4) is 0 Å². The first-order valence-corrected chi connectivity index (χ1v) is 5.68. The van der Waals surface area contributed by atoms with E-state index in [-0.39, 0.29) is 25.7 Å². The van der Waals surface area contributed by atoms with Gasteiger partial charge in [0.2, 0.25) is 5.54 Å². The lowest BCUT2D eigenvalue weighted by Gasteiger charge is -2.19. The fraction of sp³-hybridized carbons (Fsp3) is 0.333. The van der Waals surface area contributed by atoms with E-state index in [1.807, 2.05) is 0 Å². The van der Waals surface area contributed by atoms with Gasteiger partial charge < -0.3 is 0 Å². The van der Waals surface area contributed by atoms with Crippen LogP contribution in [-0.2, 0) is 5.54 Å². The van der Waals surface area contributed by atoms with E-state index in [9.17, 15) is 10.1 Å². The molecule has 0 N–H and O–H groups in total. The van der Waals surface area contributed by atoms with E-state index < -0.39 is 10.5 Å². The van der Waals surface area contributed by atoms with Gasteiger partial charge in [-0.3, -0.25) is 10.1 Å². The predicted molar refractivity (Wildman–Crippen MR) is 66.5 cm³/mol. The zero-order chi connectivity index (χ0) is 12.7. The second kappa shape index (κ2) is 4.57. The molecular formula is C9H7Cl4NO2. The van der Waals surface area contributed by atoms with Crippen LogP contribution in [-0.4, -0.2) is 4.92 Å². The standard InChI is InChI=1S/C9H7Cl4NO2/c1-9(2,14(15)16)4-3-5(10)7(12)8(13)6(4)11/h3H,1-2H3. The van der Waals surface area contributed by atoms with E-state index >= 15 is 0 Å². The normalized spacial score (nSPS) is 11.6. The van der Waals surface area contributed by atoms with E-state index in [2.05, 4.69) is 0 Å². The van der Waals surface area contributed by atoms with Crippen LogP contribution in [0.4, 0.5) is 0 Å². The second-order valence-electron chi connectivity index (χ2n) is 3.66. The molecule has 0 amide bonds. The summed E-state index contributed by atoms with van der Waals surface area (Å²) in [6, 6.07) is 1.36. The van der Waals surface area contributed by atoms with Gasteiger partial charge in [-0.2, -0.15) is 0 Å². The molecule has 1 aromatic rings. The Hall–Kier alpha value is -0.220. The van der Waals surface area contributed by atoms with Crippen molar-refractivity contribution in [1.82, 2.24) is 0 Å². The molecule has 1 rings (SSSR count). The Morgan fingerprint density at radius 1 is 1.12 bits per heavy atom. The number of rotatable bonds is 2. The van der Waals surface area contributed by atoms with Crippen LogP contribution in [0, 0.1) is 10.1 Å². The average Bonchev–Trinajstić information content (AvgIpc) is 2.19. The molecule has 0 saturated heterocycles. The van der Waals surface area contributed by atoms with Crippen LogP contribution in [0.5, 0.6) is 0 Å². The minimum atomic E-state index is -1.38. The first-order valence-electron chi connectivity index (χ1n) is 4.17. The summed E-state index contributed by atoms with van der Waals surface area (Å²) in [5.41, 5.74) is -1.15. The molecule has 0 bridgehead atoms. The molecule has 1 aromatic carbocycles. The topological polar surface area (TPSA) is 43.1 Å². The maximum Gasteiger partial charge on any atom is 0.243 e. The Kier molecular flexibility index (Phi) is 3.95. The minimum Gasteiger partial charge on any atom is -0.264 e. The maximum atomic E-state index is 10.9. The van der Waals surface area contributed by atoms with Gasteiger partial charge in [-0.15, -0.1) is 0 Å². The van der Waals surface area contributed by atoms with Gasteiger partial charge >= 0.3 is 0 Å². The van der Waals surface area contributed by atoms with Crippen molar-refractivity contribution in [3.63, 3.8) is 0 Å². The van der Waals surface area contributed by atoms with E-state index in [1.165, 1.54) is 19.9 Å². The van der Waals surface area contributed by atoms with Gasteiger partial charge in [-0.05, 0) is 6.07 Å². The Morgan fingerprint density at radius 2 is 1.62 bits per heavy atom. The fourth-order valence-electron chi connectivity index (χ4n) is 1.12. The van der Waals surface area contributed by atoms with E-state index in [4.69, 9.17) is 46.4 Å². The van der Waals surface area contributed by atoms with Crippen LogP contribution < -0.4 is 0 Å². The molecule has 0 aliphatic heterocycles. The van der Waals surface area contributed by atoms with Crippen LogP contribution in [0.25, 0.3) is 0 Å². The van der Waals surface area contributed by atoms with Gasteiger partial charge in [0.1, 0.15) is 0 Å². The zero-order valence-electron chi connectivity index (χ0n) is 8.35. The lowest BCUT2D eigenvalue weighted by atomic mass is 9.95. The number of halogens is 4. The molecule has 0 unspecified atom stereocenters. The molecule has 88 valence electrons. The molecule has 0 fully saturated rings. The largest absolute Gasteiger partial charge is 0.264 e. The third kappa shape index (κ3) is 2.23. The first-order chi connectivity index (χ1) is 7.19. The van der Waals surface area contributed by atoms with E-state index in [0.717, 1.165) is 0 Å². The molecule has 0 saturated carbocycles. The Bertz CT molecular complexity index is 459. The van der Waals surface area contributed by atoms with Gasteiger partial charge in [0.05, 0.1) is 20.1 Å². The third-order valence-corrected chi connectivity index (χ3v) is 3.97. The van der Waals surface area contributed by atoms with Crippen molar-refractivity contribution in [2.75, 3.05) is 0 Å². The molecule has 16 heavy (non-hydrogen) atoms. The van der Waals surface area contributed by atoms with Crippen molar-refractivity contribution in [3.8, 4) is 0 Å². The highest BCUT2D eigenvalue weighted by Crippen LogP contribution is 2.42. The highest BCUT2D eigenvalue weighted by Gasteiger charge is 2.37. The number of hydrogen-bond donors (Lipinski definition) is 0. The summed E-state index contributed by atoms with van der Waals surface area (Å²) >= 11 is 23.3. The van der Waals surface area contributed by atoms with Crippen LogP contribution in [0.2, 0.25) is 20.1 Å². The zero-order valence-corrected chi connectivity index (χ0v) is 11.4. The number of hydrogen-bond acceptors (Lipinski definition) is 2. The lowest BCUT2D eigenvalue weighted by Crippen LogP contribution is -2.28. The number of benzene rings is 1. The molecule has 0 aromatic heterocycles. The SMILES string of the molecule is CC(C)(c1cc(Cl)c(Cl)c(Cl)c1Cl)[N+](=O)[O-]. The van der Waals surface area contributed by atoms with Gasteiger partial charge in [-0.25, -0.2) is 0 Å². The smallest absolute Gasteiger partial charge is 0.243 e. The van der Waals surface area contributed by atoms with Crippen molar-refractivity contribution in [3.05, 3.63) is 41.8 Å². The van der Waals surface area contributed by atoms with E-state index in [1.54, 1.807) is 0 Å². The lowest BCUT2D eigenvalue weighted by molar-refractivity contribution is -0.569. The fourth-order valence-corrected chi connectivity index (χ4v) is 2.15. The van der Waals surface area contributed by atoms with Crippen molar-refractivity contribution in [2.24, 2.45) is 0 Å². The minimum absolute atomic E-state index is 0.0285. The molecule has 0 aliphatic carbocycles. The Labute approximate surface area is 112 Å². The molecule has 0 heterocycles. The van der Waals surface area contributed by atoms with Crippen molar-refractivity contribution in [2.45, 2.75) is 19.4 Å². The van der Waals surface area contributed by atoms with Crippen molar-refractivity contribution >= 4 is 46.4 Å². The van der Waals surface area contributed by atoms with E-state index in [0.29, 0.717) is 0 Å². The molecular weight excluding hydrogens is 296 g/mol. The summed E-state index contributed by atoms with van der Waals surface area (Å²) in [6.45, 7) is 2.82. The van der Waals surface area contributed by atoms with Crippen molar-refractivity contribution in [1.29, 1.82) is 0 Å². The van der Waals surface area contributed by atoms with Crippen LogP contribution in [0.1, 0.15) is 19.4 Å². The predicted octanol–water partition coefficient (Wildman–Crippen LogP) is 4.81.